The summed E-state index contributed by atoms with van der Waals surface area (Å²) in [7, 11) is 0. The standard InChI is InChI=1S/C13H15NO/c1-2-13(15,14-10-6-7-11-14)12-8-4-3-5-9-12/h3-11,15H,2H2,1H3. The molecule has 15 heavy (non-hydrogen) atoms. The lowest BCUT2D eigenvalue weighted by Crippen LogP contribution is -2.32. The average molecular weight is 201 g/mol. The highest BCUT2D eigenvalue weighted by atomic mass is 16.3. The Balaban J connectivity index is 2.47. The Bertz CT molecular complexity index is 407. The highest BCUT2D eigenvalue weighted by molar-refractivity contribution is 5.23. The third-order valence-corrected chi connectivity index (χ3v) is 2.76. The van der Waals surface area contributed by atoms with Crippen molar-refractivity contribution >= 4 is 0 Å². The van der Waals surface area contributed by atoms with Gasteiger partial charge < -0.3 is 9.67 Å². The zero-order chi connectivity index (χ0) is 10.7. The van der Waals surface area contributed by atoms with Crippen LogP contribution >= 0.6 is 0 Å². The topological polar surface area (TPSA) is 25.2 Å². The summed E-state index contributed by atoms with van der Waals surface area (Å²) in [6.45, 7) is 1.98. The molecule has 0 saturated carbocycles. The zero-order valence-corrected chi connectivity index (χ0v) is 8.80. The highest BCUT2D eigenvalue weighted by Gasteiger charge is 2.27. The fourth-order valence-corrected chi connectivity index (χ4v) is 1.82. The van der Waals surface area contributed by atoms with Crippen molar-refractivity contribution in [2.45, 2.75) is 19.1 Å². The molecule has 0 aliphatic carbocycles. The van der Waals surface area contributed by atoms with E-state index in [-0.39, 0.29) is 0 Å². The highest BCUT2D eigenvalue weighted by Crippen LogP contribution is 2.26. The molecule has 1 N–H and O–H groups in total. The lowest BCUT2D eigenvalue weighted by atomic mass is 10.00. The second kappa shape index (κ2) is 3.91. The van der Waals surface area contributed by atoms with Gasteiger partial charge >= 0.3 is 0 Å². The van der Waals surface area contributed by atoms with Gasteiger partial charge in [0.25, 0.3) is 0 Å². The summed E-state index contributed by atoms with van der Waals surface area (Å²) >= 11 is 0. The van der Waals surface area contributed by atoms with E-state index in [1.165, 1.54) is 0 Å². The average Bonchev–Trinajstić information content (AvgIpc) is 2.83. The third-order valence-electron chi connectivity index (χ3n) is 2.76. The molecule has 0 aliphatic rings. The molecule has 1 aromatic carbocycles. The van der Waals surface area contributed by atoms with E-state index in [4.69, 9.17) is 0 Å². The van der Waals surface area contributed by atoms with Gasteiger partial charge in [-0.3, -0.25) is 0 Å². The predicted molar refractivity (Wildman–Crippen MR) is 60.5 cm³/mol. The summed E-state index contributed by atoms with van der Waals surface area (Å²) in [5.41, 5.74) is -0.00574. The van der Waals surface area contributed by atoms with E-state index < -0.39 is 5.72 Å². The first kappa shape index (κ1) is 9.99. The Morgan fingerprint density at radius 2 is 1.67 bits per heavy atom. The van der Waals surface area contributed by atoms with E-state index in [1.54, 1.807) is 0 Å². The number of aromatic nitrogens is 1. The fraction of sp³-hybridized carbons (Fsp3) is 0.231. The molecule has 1 atom stereocenters. The van der Waals surface area contributed by atoms with E-state index in [9.17, 15) is 5.11 Å². The molecule has 1 aromatic heterocycles. The lowest BCUT2D eigenvalue weighted by Gasteiger charge is -2.29. The van der Waals surface area contributed by atoms with Gasteiger partial charge in [-0.15, -0.1) is 0 Å². The SMILES string of the molecule is CCC(O)(c1ccccc1)n1cccc1. The smallest absolute Gasteiger partial charge is 0.167 e. The largest absolute Gasteiger partial charge is 0.366 e. The van der Waals surface area contributed by atoms with Crippen LogP contribution in [-0.2, 0) is 5.72 Å². The summed E-state index contributed by atoms with van der Waals surface area (Å²) in [4.78, 5) is 0. The lowest BCUT2D eigenvalue weighted by molar-refractivity contribution is 0.00166. The van der Waals surface area contributed by atoms with E-state index >= 15 is 0 Å². The van der Waals surface area contributed by atoms with Crippen LogP contribution in [0.3, 0.4) is 0 Å². The molecule has 0 bridgehead atoms. The Morgan fingerprint density at radius 3 is 2.20 bits per heavy atom. The minimum atomic E-state index is -0.926. The number of aliphatic hydroxyl groups is 1. The van der Waals surface area contributed by atoms with Crippen molar-refractivity contribution in [1.29, 1.82) is 0 Å². The molecule has 2 heteroatoms. The quantitative estimate of drug-likeness (QED) is 0.811. The van der Waals surface area contributed by atoms with Crippen molar-refractivity contribution in [1.82, 2.24) is 4.57 Å². The van der Waals surface area contributed by atoms with Gasteiger partial charge in [0.2, 0.25) is 0 Å². The predicted octanol–water partition coefficient (Wildman–Crippen LogP) is 2.59. The minimum absolute atomic E-state index is 0.645. The summed E-state index contributed by atoms with van der Waals surface area (Å²) in [6.07, 6.45) is 4.42. The third kappa shape index (κ3) is 1.68. The van der Waals surface area contributed by atoms with E-state index in [0.717, 1.165) is 5.56 Å². The molecular formula is C13H15NO. The van der Waals surface area contributed by atoms with Crippen LogP contribution in [0.2, 0.25) is 0 Å². The van der Waals surface area contributed by atoms with Crippen LogP contribution in [0.25, 0.3) is 0 Å². The van der Waals surface area contributed by atoms with Gasteiger partial charge in [-0.25, -0.2) is 0 Å². The van der Waals surface area contributed by atoms with Crippen LogP contribution in [0.15, 0.2) is 54.9 Å². The Hall–Kier alpha value is -1.54. The van der Waals surface area contributed by atoms with Crippen molar-refractivity contribution in [2.75, 3.05) is 0 Å². The van der Waals surface area contributed by atoms with Crippen LogP contribution in [-0.4, -0.2) is 9.67 Å². The summed E-state index contributed by atoms with van der Waals surface area (Å²) < 4.78 is 1.84. The van der Waals surface area contributed by atoms with E-state index in [0.29, 0.717) is 6.42 Å². The number of nitrogens with zero attached hydrogens (tertiary/aromatic N) is 1. The molecule has 2 aromatic rings. The maximum absolute atomic E-state index is 10.6. The second-order valence-corrected chi connectivity index (χ2v) is 3.63. The Labute approximate surface area is 89.8 Å². The maximum Gasteiger partial charge on any atom is 0.167 e. The van der Waals surface area contributed by atoms with Gasteiger partial charge in [0.1, 0.15) is 0 Å². The van der Waals surface area contributed by atoms with Gasteiger partial charge in [-0.2, -0.15) is 0 Å². The van der Waals surface area contributed by atoms with Gasteiger partial charge in [-0.1, -0.05) is 37.3 Å². The van der Waals surface area contributed by atoms with Crippen LogP contribution in [0.5, 0.6) is 0 Å². The van der Waals surface area contributed by atoms with Crippen molar-refractivity contribution < 1.29 is 5.11 Å². The molecule has 2 rings (SSSR count). The Morgan fingerprint density at radius 1 is 1.07 bits per heavy atom. The molecule has 0 saturated heterocycles. The molecular weight excluding hydrogens is 186 g/mol. The number of benzene rings is 1. The van der Waals surface area contributed by atoms with Gasteiger partial charge in [0, 0.05) is 18.0 Å². The molecule has 1 heterocycles. The van der Waals surface area contributed by atoms with Crippen LogP contribution < -0.4 is 0 Å². The molecule has 78 valence electrons. The zero-order valence-electron chi connectivity index (χ0n) is 8.80. The summed E-state index contributed by atoms with van der Waals surface area (Å²) in [5.74, 6) is 0. The van der Waals surface area contributed by atoms with Gasteiger partial charge in [0.05, 0.1) is 0 Å². The van der Waals surface area contributed by atoms with Crippen LogP contribution in [0.1, 0.15) is 18.9 Å². The first-order chi connectivity index (χ1) is 7.27. The summed E-state index contributed by atoms with van der Waals surface area (Å²) in [5, 5.41) is 10.6. The number of hydrogen-bond acceptors (Lipinski definition) is 1. The van der Waals surface area contributed by atoms with Crippen LogP contribution in [0, 0.1) is 0 Å². The van der Waals surface area contributed by atoms with Crippen molar-refractivity contribution in [3.05, 3.63) is 60.4 Å². The molecule has 0 aliphatic heterocycles. The maximum atomic E-state index is 10.6. The second-order valence-electron chi connectivity index (χ2n) is 3.63. The number of hydrogen-bond donors (Lipinski definition) is 1. The Kier molecular flexibility index (Phi) is 2.60. The van der Waals surface area contributed by atoms with Crippen molar-refractivity contribution in [2.24, 2.45) is 0 Å². The molecule has 0 amide bonds. The fourth-order valence-electron chi connectivity index (χ4n) is 1.82. The van der Waals surface area contributed by atoms with E-state index in [1.807, 2.05) is 66.3 Å². The minimum Gasteiger partial charge on any atom is -0.366 e. The molecule has 1 unspecified atom stereocenters. The molecule has 0 radical (unpaired) electrons. The van der Waals surface area contributed by atoms with Gasteiger partial charge in [0.15, 0.2) is 5.72 Å². The summed E-state index contributed by atoms with van der Waals surface area (Å²) in [6, 6.07) is 13.6. The van der Waals surface area contributed by atoms with Crippen LogP contribution in [0.4, 0.5) is 0 Å². The molecule has 0 fully saturated rings. The normalized spacial score (nSPS) is 14.8. The van der Waals surface area contributed by atoms with Gasteiger partial charge in [-0.05, 0) is 18.6 Å². The molecule has 2 nitrogen and oxygen atoms in total. The first-order valence-corrected chi connectivity index (χ1v) is 5.18. The first-order valence-electron chi connectivity index (χ1n) is 5.18. The molecule has 0 spiro atoms. The van der Waals surface area contributed by atoms with Crippen molar-refractivity contribution in [3.8, 4) is 0 Å². The monoisotopic (exact) mass is 201 g/mol. The van der Waals surface area contributed by atoms with E-state index in [2.05, 4.69) is 0 Å². The number of rotatable bonds is 3. The van der Waals surface area contributed by atoms with Crippen molar-refractivity contribution in [3.63, 3.8) is 0 Å².